The molecule has 0 radical (unpaired) electrons. The third kappa shape index (κ3) is 6.89. The number of hydrogen-bond donors (Lipinski definition) is 3. The van der Waals surface area contributed by atoms with Crippen LogP contribution in [0.4, 0.5) is 0 Å². The molecule has 0 saturated heterocycles. The minimum atomic E-state index is -0.302. The zero-order valence-electron chi connectivity index (χ0n) is 14.0. The lowest BCUT2D eigenvalue weighted by Crippen LogP contribution is -2.31. The highest BCUT2D eigenvalue weighted by Gasteiger charge is 2.01. The molecule has 0 amide bonds. The molecule has 1 unspecified atom stereocenters. The van der Waals surface area contributed by atoms with Crippen molar-refractivity contribution in [2.24, 2.45) is 0 Å². The van der Waals surface area contributed by atoms with Crippen molar-refractivity contribution < 1.29 is 9.84 Å². The number of halogens is 1. The molecular weight excluding hydrogens is 324 g/mol. The van der Waals surface area contributed by atoms with Crippen LogP contribution in [0.25, 0.3) is 0 Å². The lowest BCUT2D eigenvalue weighted by Gasteiger charge is -2.10. The van der Waals surface area contributed by atoms with E-state index < -0.39 is 0 Å². The van der Waals surface area contributed by atoms with Crippen LogP contribution in [0.2, 0.25) is 5.02 Å². The fourth-order valence-corrected chi connectivity index (χ4v) is 2.39. The van der Waals surface area contributed by atoms with E-state index in [1.54, 1.807) is 6.92 Å². The van der Waals surface area contributed by atoms with Crippen LogP contribution in [-0.2, 0) is 13.2 Å². The first-order valence-corrected chi connectivity index (χ1v) is 8.57. The number of ether oxygens (including phenoxy) is 1. The summed E-state index contributed by atoms with van der Waals surface area (Å²) in [6, 6.07) is 15.7. The minimum absolute atomic E-state index is 0.302. The SMILES string of the molecule is CC(O)CNCCNCc1ccc(OCc2ccccc2Cl)cc1. The second-order valence-corrected chi connectivity index (χ2v) is 6.16. The summed E-state index contributed by atoms with van der Waals surface area (Å²) in [5, 5.41) is 16.4. The first-order valence-electron chi connectivity index (χ1n) is 8.20. The Bertz CT molecular complexity index is 603. The van der Waals surface area contributed by atoms with E-state index in [9.17, 15) is 0 Å². The van der Waals surface area contributed by atoms with Gasteiger partial charge in [0.05, 0.1) is 6.10 Å². The summed E-state index contributed by atoms with van der Waals surface area (Å²) in [6.07, 6.45) is -0.302. The van der Waals surface area contributed by atoms with Gasteiger partial charge in [0.1, 0.15) is 12.4 Å². The molecular formula is C19H25ClN2O2. The molecule has 2 rings (SSSR count). The highest BCUT2D eigenvalue weighted by Crippen LogP contribution is 2.18. The zero-order chi connectivity index (χ0) is 17.2. The maximum atomic E-state index is 9.14. The molecule has 0 aliphatic heterocycles. The lowest BCUT2D eigenvalue weighted by atomic mass is 10.2. The Morgan fingerprint density at radius 2 is 1.75 bits per heavy atom. The standard InChI is InChI=1S/C19H25ClN2O2/c1-15(23)12-21-10-11-22-13-16-6-8-18(9-7-16)24-14-17-4-2-3-5-19(17)20/h2-9,15,21-23H,10-14H2,1H3. The van der Waals surface area contributed by atoms with Crippen molar-refractivity contribution in [3.05, 3.63) is 64.7 Å². The molecule has 0 aliphatic rings. The summed E-state index contributed by atoms with van der Waals surface area (Å²) in [5.41, 5.74) is 2.19. The number of aliphatic hydroxyl groups excluding tert-OH is 1. The normalized spacial score (nSPS) is 12.1. The van der Waals surface area contributed by atoms with Gasteiger partial charge in [-0.2, -0.15) is 0 Å². The van der Waals surface area contributed by atoms with Crippen LogP contribution in [0.1, 0.15) is 18.1 Å². The van der Waals surface area contributed by atoms with Crippen molar-refractivity contribution in [3.8, 4) is 5.75 Å². The second kappa shape index (κ2) is 10.3. The van der Waals surface area contributed by atoms with Gasteiger partial charge < -0.3 is 20.5 Å². The highest BCUT2D eigenvalue weighted by molar-refractivity contribution is 6.31. The topological polar surface area (TPSA) is 53.5 Å². The fraction of sp³-hybridized carbons (Fsp3) is 0.368. The van der Waals surface area contributed by atoms with Gasteiger partial charge in [-0.3, -0.25) is 0 Å². The average molecular weight is 349 g/mol. The number of nitrogens with one attached hydrogen (secondary N) is 2. The number of benzene rings is 2. The van der Waals surface area contributed by atoms with Crippen LogP contribution in [0, 0.1) is 0 Å². The maximum absolute atomic E-state index is 9.14. The van der Waals surface area contributed by atoms with Gasteiger partial charge in [0, 0.05) is 36.8 Å². The third-order valence-corrected chi connectivity index (χ3v) is 3.89. The number of hydrogen-bond acceptors (Lipinski definition) is 4. The molecule has 24 heavy (non-hydrogen) atoms. The zero-order valence-corrected chi connectivity index (χ0v) is 14.7. The summed E-state index contributed by atoms with van der Waals surface area (Å²) in [4.78, 5) is 0. The Kier molecular flexibility index (Phi) is 8.05. The average Bonchev–Trinajstić information content (AvgIpc) is 2.58. The molecule has 1 atom stereocenters. The van der Waals surface area contributed by atoms with E-state index in [4.69, 9.17) is 21.4 Å². The molecule has 2 aromatic carbocycles. The van der Waals surface area contributed by atoms with Crippen LogP contribution < -0.4 is 15.4 Å². The van der Waals surface area contributed by atoms with Gasteiger partial charge in [-0.1, -0.05) is 41.9 Å². The molecule has 0 spiro atoms. The molecule has 0 fully saturated rings. The van der Waals surface area contributed by atoms with Crippen molar-refractivity contribution in [2.75, 3.05) is 19.6 Å². The molecule has 5 heteroatoms. The smallest absolute Gasteiger partial charge is 0.119 e. The van der Waals surface area contributed by atoms with Gasteiger partial charge in [0.2, 0.25) is 0 Å². The summed E-state index contributed by atoms with van der Waals surface area (Å²) in [7, 11) is 0. The molecule has 2 aromatic rings. The van der Waals surface area contributed by atoms with Crippen LogP contribution in [0.3, 0.4) is 0 Å². The van der Waals surface area contributed by atoms with Crippen molar-refractivity contribution >= 4 is 11.6 Å². The van der Waals surface area contributed by atoms with E-state index in [2.05, 4.69) is 22.8 Å². The Labute approximate surface area is 148 Å². The van der Waals surface area contributed by atoms with E-state index in [-0.39, 0.29) is 6.10 Å². The predicted molar refractivity (Wildman–Crippen MR) is 98.5 cm³/mol. The van der Waals surface area contributed by atoms with E-state index in [0.717, 1.165) is 36.0 Å². The Morgan fingerprint density at radius 3 is 2.46 bits per heavy atom. The first-order chi connectivity index (χ1) is 11.6. The number of aliphatic hydroxyl groups is 1. The van der Waals surface area contributed by atoms with E-state index in [0.29, 0.717) is 13.2 Å². The van der Waals surface area contributed by atoms with Gasteiger partial charge in [-0.25, -0.2) is 0 Å². The van der Waals surface area contributed by atoms with Crippen LogP contribution >= 0.6 is 11.6 Å². The first kappa shape index (κ1) is 18.7. The summed E-state index contributed by atoms with van der Waals surface area (Å²) in [6.45, 7) is 5.36. The Morgan fingerprint density at radius 1 is 1.04 bits per heavy atom. The van der Waals surface area contributed by atoms with Crippen molar-refractivity contribution in [1.82, 2.24) is 10.6 Å². The molecule has 0 bridgehead atoms. The molecule has 4 nitrogen and oxygen atoms in total. The fourth-order valence-electron chi connectivity index (χ4n) is 2.20. The van der Waals surface area contributed by atoms with Crippen molar-refractivity contribution in [2.45, 2.75) is 26.2 Å². The van der Waals surface area contributed by atoms with Crippen molar-refractivity contribution in [1.29, 1.82) is 0 Å². The molecule has 3 N–H and O–H groups in total. The largest absolute Gasteiger partial charge is 0.489 e. The predicted octanol–water partition coefficient (Wildman–Crippen LogP) is 2.98. The number of rotatable bonds is 10. The molecule has 0 aliphatic carbocycles. The molecule has 130 valence electrons. The van der Waals surface area contributed by atoms with Gasteiger partial charge in [0.25, 0.3) is 0 Å². The van der Waals surface area contributed by atoms with E-state index in [1.807, 2.05) is 36.4 Å². The quantitative estimate of drug-likeness (QED) is 0.578. The van der Waals surface area contributed by atoms with Gasteiger partial charge in [-0.05, 0) is 30.7 Å². The lowest BCUT2D eigenvalue weighted by molar-refractivity contribution is 0.191. The van der Waals surface area contributed by atoms with Crippen LogP contribution in [-0.4, -0.2) is 30.8 Å². The Balaban J connectivity index is 1.68. The highest BCUT2D eigenvalue weighted by atomic mass is 35.5. The van der Waals surface area contributed by atoms with E-state index >= 15 is 0 Å². The van der Waals surface area contributed by atoms with Crippen LogP contribution in [0.15, 0.2) is 48.5 Å². The van der Waals surface area contributed by atoms with Gasteiger partial charge >= 0.3 is 0 Å². The summed E-state index contributed by atoms with van der Waals surface area (Å²) < 4.78 is 5.77. The minimum Gasteiger partial charge on any atom is -0.489 e. The van der Waals surface area contributed by atoms with Gasteiger partial charge in [-0.15, -0.1) is 0 Å². The second-order valence-electron chi connectivity index (χ2n) is 5.75. The molecule has 0 saturated carbocycles. The molecule has 0 heterocycles. The van der Waals surface area contributed by atoms with Crippen molar-refractivity contribution in [3.63, 3.8) is 0 Å². The van der Waals surface area contributed by atoms with E-state index in [1.165, 1.54) is 5.56 Å². The molecule has 0 aromatic heterocycles. The van der Waals surface area contributed by atoms with Gasteiger partial charge in [0.15, 0.2) is 0 Å². The summed E-state index contributed by atoms with van der Waals surface area (Å²) in [5.74, 6) is 0.831. The van der Waals surface area contributed by atoms with Crippen LogP contribution in [0.5, 0.6) is 5.75 Å². The third-order valence-electron chi connectivity index (χ3n) is 3.52. The summed E-state index contributed by atoms with van der Waals surface area (Å²) >= 11 is 6.12. The maximum Gasteiger partial charge on any atom is 0.119 e. The Hall–Kier alpha value is -1.59. The monoisotopic (exact) mass is 348 g/mol.